The van der Waals surface area contributed by atoms with Crippen LogP contribution in [0.4, 0.5) is 0 Å². The van der Waals surface area contributed by atoms with Gasteiger partial charge in [-0.3, -0.25) is 0 Å². The van der Waals surface area contributed by atoms with E-state index in [1.807, 2.05) is 33.0 Å². The topological polar surface area (TPSA) is 95.6 Å². The predicted molar refractivity (Wildman–Crippen MR) is 142 cm³/mol. The van der Waals surface area contributed by atoms with E-state index in [-0.39, 0.29) is 17.6 Å². The number of imidazole rings is 1. The van der Waals surface area contributed by atoms with Crippen LogP contribution in [0.1, 0.15) is 38.3 Å². The number of carbonyl (C=O) groups is 1. The Kier molecular flexibility index (Phi) is 8.38. The molecule has 0 aliphatic carbocycles. The molecule has 3 heterocycles. The van der Waals surface area contributed by atoms with Gasteiger partial charge < -0.3 is 0 Å². The van der Waals surface area contributed by atoms with Crippen LogP contribution in [-0.4, -0.2) is 66.4 Å². The van der Waals surface area contributed by atoms with Crippen molar-refractivity contribution in [2.24, 2.45) is 13.0 Å². The Morgan fingerprint density at radius 3 is 2.72 bits per heavy atom. The Balaban J connectivity index is 1.67. The molecule has 0 spiro atoms. The van der Waals surface area contributed by atoms with E-state index < -0.39 is 26.6 Å². The standard InChI is InChI=1S/C27H36AsN3O5/c1-16(2)36-27(34)24(18(4)32)28-12-19-6-7-23-22(11-19)29-25(31(23)13-20-8-9-35-15-20)21-10-17(3)26(33)30(5)14-21/h6-7,10-11,14,16,18,20,24,28,32H,8-9,12-13,15H2,1-5H3. The number of rotatable bonds is 9. The molecule has 3 aromatic rings. The number of aromatic nitrogens is 3. The van der Waals surface area contributed by atoms with Gasteiger partial charge in [0, 0.05) is 0 Å². The average Bonchev–Trinajstić information content (AvgIpc) is 3.45. The van der Waals surface area contributed by atoms with Crippen molar-refractivity contribution in [3.8, 4) is 11.4 Å². The first kappa shape index (κ1) is 26.6. The van der Waals surface area contributed by atoms with Crippen LogP contribution in [0.2, 0.25) is 4.71 Å². The Labute approximate surface area is 218 Å². The Morgan fingerprint density at radius 2 is 2.08 bits per heavy atom. The molecule has 1 fully saturated rings. The van der Waals surface area contributed by atoms with E-state index >= 15 is 0 Å². The van der Waals surface area contributed by atoms with Gasteiger partial charge in [0.25, 0.3) is 0 Å². The summed E-state index contributed by atoms with van der Waals surface area (Å²) in [6.45, 7) is 9.45. The van der Waals surface area contributed by atoms with Gasteiger partial charge in [-0.15, -0.1) is 0 Å². The number of ether oxygens (including phenoxy) is 2. The molecule has 0 saturated carbocycles. The normalized spacial score (nSPS) is 17.9. The van der Waals surface area contributed by atoms with Crippen molar-refractivity contribution >= 4 is 32.8 Å². The zero-order chi connectivity index (χ0) is 26.0. The SMILES string of the molecule is Cc1cc(-c2nc3cc(C[AsH]C(C(=O)OC(C)C)C(C)O)ccc3n2CC2CCOC2)cn(C)c1=O. The molecule has 4 atom stereocenters. The maximum atomic E-state index is 12.5. The third kappa shape index (κ3) is 5.93. The van der Waals surface area contributed by atoms with E-state index in [1.54, 1.807) is 18.5 Å². The fraction of sp³-hybridized carbons (Fsp3) is 0.519. The van der Waals surface area contributed by atoms with Crippen LogP contribution >= 0.6 is 0 Å². The van der Waals surface area contributed by atoms with Crippen LogP contribution in [0, 0.1) is 12.8 Å². The molecule has 194 valence electrons. The minimum atomic E-state index is -0.831. The third-order valence-electron chi connectivity index (χ3n) is 6.51. The number of esters is 1. The summed E-state index contributed by atoms with van der Waals surface area (Å²) in [5.41, 5.74) is 4.60. The molecule has 8 nitrogen and oxygen atoms in total. The number of fused-ring (bicyclic) bond motifs is 1. The van der Waals surface area contributed by atoms with Crippen LogP contribution in [0.5, 0.6) is 0 Å². The number of pyridine rings is 1. The number of hydrogen-bond acceptors (Lipinski definition) is 6. The number of hydrogen-bond donors (Lipinski definition) is 1. The summed E-state index contributed by atoms with van der Waals surface area (Å²) in [6.07, 6.45) is 1.93. The molecule has 1 saturated heterocycles. The summed E-state index contributed by atoms with van der Waals surface area (Å²) in [5.74, 6) is 0.947. The monoisotopic (exact) mass is 557 g/mol. The molecule has 0 radical (unpaired) electrons. The molecule has 1 aliphatic heterocycles. The van der Waals surface area contributed by atoms with Crippen molar-refractivity contribution in [2.75, 3.05) is 13.2 Å². The van der Waals surface area contributed by atoms with Crippen molar-refractivity contribution in [1.82, 2.24) is 14.1 Å². The second kappa shape index (κ2) is 11.3. The van der Waals surface area contributed by atoms with Gasteiger partial charge in [0.15, 0.2) is 0 Å². The first-order valence-electron chi connectivity index (χ1n) is 12.5. The van der Waals surface area contributed by atoms with Crippen molar-refractivity contribution in [2.45, 2.75) is 62.8 Å². The first-order valence-corrected chi connectivity index (χ1v) is 15.2. The van der Waals surface area contributed by atoms with Crippen LogP contribution in [-0.2, 0) is 33.1 Å². The van der Waals surface area contributed by atoms with Crippen LogP contribution < -0.4 is 5.56 Å². The Hall–Kier alpha value is -2.41. The molecule has 4 unspecified atom stereocenters. The quantitative estimate of drug-likeness (QED) is 0.321. The fourth-order valence-corrected chi connectivity index (χ4v) is 7.29. The zero-order valence-electron chi connectivity index (χ0n) is 21.7. The van der Waals surface area contributed by atoms with E-state index in [9.17, 15) is 14.7 Å². The summed E-state index contributed by atoms with van der Waals surface area (Å²) in [4.78, 5) is 29.8. The number of benzene rings is 1. The molecule has 1 N–H and O–H groups in total. The van der Waals surface area contributed by atoms with Gasteiger partial charge in [-0.1, -0.05) is 0 Å². The molecule has 2 aromatic heterocycles. The van der Waals surface area contributed by atoms with E-state index in [4.69, 9.17) is 14.5 Å². The number of aliphatic hydroxyl groups excluding tert-OH is 1. The summed E-state index contributed by atoms with van der Waals surface area (Å²) in [7, 11) is 1.77. The first-order chi connectivity index (χ1) is 17.1. The second-order valence-corrected chi connectivity index (χ2v) is 12.9. The number of carbonyl (C=O) groups excluding carboxylic acids is 1. The summed E-state index contributed by atoms with van der Waals surface area (Å²) in [6, 6.07) is 8.19. The summed E-state index contributed by atoms with van der Waals surface area (Å²) >= 11 is -0.831. The second-order valence-electron chi connectivity index (χ2n) is 10.0. The summed E-state index contributed by atoms with van der Waals surface area (Å²) < 4.78 is 14.4. The van der Waals surface area contributed by atoms with Gasteiger partial charge in [0.05, 0.1) is 0 Å². The van der Waals surface area contributed by atoms with Gasteiger partial charge in [0.1, 0.15) is 0 Å². The van der Waals surface area contributed by atoms with Crippen molar-refractivity contribution in [1.29, 1.82) is 0 Å². The van der Waals surface area contributed by atoms with Crippen LogP contribution in [0.25, 0.3) is 22.4 Å². The van der Waals surface area contributed by atoms with Crippen molar-refractivity contribution in [3.05, 3.63) is 51.9 Å². The predicted octanol–water partition coefficient (Wildman–Crippen LogP) is 2.80. The summed E-state index contributed by atoms with van der Waals surface area (Å²) in [5, 5.41) is 10.9. The van der Waals surface area contributed by atoms with Gasteiger partial charge in [-0.25, -0.2) is 0 Å². The van der Waals surface area contributed by atoms with E-state index in [1.165, 1.54) is 0 Å². The van der Waals surface area contributed by atoms with Crippen molar-refractivity contribution < 1.29 is 19.4 Å². The Bertz CT molecular complexity index is 1260. The molecule has 9 heteroatoms. The molecule has 1 aromatic carbocycles. The molecule has 36 heavy (non-hydrogen) atoms. The van der Waals surface area contributed by atoms with E-state index in [0.717, 1.165) is 59.4 Å². The van der Waals surface area contributed by atoms with Crippen molar-refractivity contribution in [3.63, 3.8) is 0 Å². The fourth-order valence-electron chi connectivity index (χ4n) is 4.66. The molecular formula is C27H36AsN3O5. The van der Waals surface area contributed by atoms with Crippen LogP contribution in [0.3, 0.4) is 0 Å². The maximum absolute atomic E-state index is 12.5. The van der Waals surface area contributed by atoms with Gasteiger partial charge in [-0.05, 0) is 0 Å². The van der Waals surface area contributed by atoms with Crippen LogP contribution in [0.15, 0.2) is 35.3 Å². The Morgan fingerprint density at radius 1 is 1.31 bits per heavy atom. The van der Waals surface area contributed by atoms with E-state index in [2.05, 4.69) is 22.8 Å². The zero-order valence-corrected chi connectivity index (χ0v) is 23.8. The molecule has 0 amide bonds. The number of aliphatic hydroxyl groups is 1. The third-order valence-corrected chi connectivity index (χ3v) is 10.2. The molecule has 0 bridgehead atoms. The molecule has 1 aliphatic rings. The molecule has 4 rings (SSSR count). The van der Waals surface area contributed by atoms with Gasteiger partial charge >= 0.3 is 219 Å². The average molecular weight is 558 g/mol. The van der Waals surface area contributed by atoms with Gasteiger partial charge in [0.2, 0.25) is 0 Å². The van der Waals surface area contributed by atoms with Gasteiger partial charge in [-0.2, -0.15) is 0 Å². The minimum absolute atomic E-state index is 0.0130. The number of nitrogens with zero attached hydrogens (tertiary/aromatic N) is 3. The number of aryl methyl sites for hydroxylation is 2. The molecular weight excluding hydrogens is 521 g/mol. The van der Waals surface area contributed by atoms with E-state index in [0.29, 0.717) is 11.5 Å².